The summed E-state index contributed by atoms with van der Waals surface area (Å²) in [5, 5.41) is 0. The topological polar surface area (TPSA) is 50.1 Å². The second-order valence-electron chi connectivity index (χ2n) is 6.40. The molecule has 4 rings (SSSR count). The highest BCUT2D eigenvalue weighted by atomic mass is 19.1. The Morgan fingerprint density at radius 3 is 2.68 bits per heavy atom. The summed E-state index contributed by atoms with van der Waals surface area (Å²) in [6.45, 7) is 7.62. The lowest BCUT2D eigenvalue weighted by atomic mass is 10.3. The van der Waals surface area contributed by atoms with Crippen molar-refractivity contribution >= 4 is 17.0 Å². The molecule has 0 spiro atoms. The van der Waals surface area contributed by atoms with Gasteiger partial charge in [-0.25, -0.2) is 19.3 Å². The van der Waals surface area contributed by atoms with Crippen LogP contribution in [0.25, 0.3) is 11.0 Å². The fraction of sp³-hybridized carbons (Fsp3) is 0.389. The van der Waals surface area contributed by atoms with Gasteiger partial charge in [0.1, 0.15) is 5.82 Å². The fourth-order valence-corrected chi connectivity index (χ4v) is 3.22. The summed E-state index contributed by atoms with van der Waals surface area (Å²) in [7, 11) is 0. The number of nitrogens with zero attached hydrogens (tertiary/aromatic N) is 6. The lowest BCUT2D eigenvalue weighted by molar-refractivity contribution is 0.248. The highest BCUT2D eigenvalue weighted by molar-refractivity contribution is 5.75. The number of aryl methyl sites for hydroxylation is 1. The summed E-state index contributed by atoms with van der Waals surface area (Å²) >= 11 is 0. The second kappa shape index (κ2) is 6.76. The molecule has 6 nitrogen and oxygen atoms in total. The third-order valence-electron chi connectivity index (χ3n) is 4.68. The number of anilines is 1. The van der Waals surface area contributed by atoms with Crippen LogP contribution in [-0.4, -0.2) is 57.1 Å². The summed E-state index contributed by atoms with van der Waals surface area (Å²) in [5.74, 6) is 0.578. The van der Waals surface area contributed by atoms with E-state index in [4.69, 9.17) is 0 Å². The Labute approximate surface area is 145 Å². The maximum Gasteiger partial charge on any atom is 0.225 e. The molecule has 3 heterocycles. The maximum atomic E-state index is 13.3. The lowest BCUT2D eigenvalue weighted by Crippen LogP contribution is -2.47. The minimum atomic E-state index is -0.243. The van der Waals surface area contributed by atoms with E-state index in [-0.39, 0.29) is 5.82 Å². The van der Waals surface area contributed by atoms with E-state index in [1.807, 2.05) is 19.2 Å². The van der Waals surface area contributed by atoms with Crippen molar-refractivity contribution in [1.82, 2.24) is 24.4 Å². The smallest absolute Gasteiger partial charge is 0.225 e. The predicted molar refractivity (Wildman–Crippen MR) is 95.1 cm³/mol. The van der Waals surface area contributed by atoms with Crippen LogP contribution in [0.4, 0.5) is 10.3 Å². The van der Waals surface area contributed by atoms with Crippen LogP contribution >= 0.6 is 0 Å². The van der Waals surface area contributed by atoms with Gasteiger partial charge in [0.05, 0.1) is 17.4 Å². The van der Waals surface area contributed by atoms with Gasteiger partial charge >= 0.3 is 0 Å². The molecule has 1 aliphatic heterocycles. The normalized spacial score (nSPS) is 15.8. The van der Waals surface area contributed by atoms with Crippen molar-refractivity contribution < 1.29 is 4.39 Å². The molecule has 2 aromatic heterocycles. The highest BCUT2D eigenvalue weighted by Crippen LogP contribution is 2.15. The monoisotopic (exact) mass is 340 g/mol. The van der Waals surface area contributed by atoms with Crippen molar-refractivity contribution in [3.8, 4) is 0 Å². The molecule has 0 radical (unpaired) electrons. The van der Waals surface area contributed by atoms with Crippen LogP contribution in [0.2, 0.25) is 0 Å². The fourth-order valence-electron chi connectivity index (χ4n) is 3.22. The molecule has 0 amide bonds. The van der Waals surface area contributed by atoms with Crippen molar-refractivity contribution in [2.75, 3.05) is 37.6 Å². The summed E-state index contributed by atoms with van der Waals surface area (Å²) < 4.78 is 15.3. The van der Waals surface area contributed by atoms with Crippen LogP contribution in [0, 0.1) is 12.7 Å². The molecule has 0 N–H and O–H groups in total. The number of imidazole rings is 1. The van der Waals surface area contributed by atoms with Crippen LogP contribution in [-0.2, 0) is 6.54 Å². The first-order valence-corrected chi connectivity index (χ1v) is 8.56. The summed E-state index contributed by atoms with van der Waals surface area (Å²) in [6.07, 6.45) is 3.61. The Kier molecular flexibility index (Phi) is 4.31. The van der Waals surface area contributed by atoms with Gasteiger partial charge in [-0.1, -0.05) is 0 Å². The molecule has 1 saturated heterocycles. The third-order valence-corrected chi connectivity index (χ3v) is 4.68. The van der Waals surface area contributed by atoms with Crippen molar-refractivity contribution in [2.24, 2.45) is 0 Å². The SMILES string of the molecule is Cc1ccnc(N2CCN(CCn3cnc4cc(F)ccc43)CC2)n1. The molecule has 1 fully saturated rings. The number of fused-ring (bicyclic) bond motifs is 1. The van der Waals surface area contributed by atoms with Gasteiger partial charge in [-0.15, -0.1) is 0 Å². The van der Waals surface area contributed by atoms with Crippen molar-refractivity contribution in [3.05, 3.63) is 48.3 Å². The van der Waals surface area contributed by atoms with Gasteiger partial charge in [-0.05, 0) is 25.1 Å². The van der Waals surface area contributed by atoms with E-state index in [2.05, 4.69) is 29.3 Å². The number of rotatable bonds is 4. The quantitative estimate of drug-likeness (QED) is 0.728. The van der Waals surface area contributed by atoms with Crippen LogP contribution in [0.1, 0.15) is 5.69 Å². The molecule has 1 aromatic carbocycles. The van der Waals surface area contributed by atoms with Gasteiger partial charge in [0.15, 0.2) is 0 Å². The number of hydrogen-bond acceptors (Lipinski definition) is 5. The van der Waals surface area contributed by atoms with Gasteiger partial charge in [0.2, 0.25) is 5.95 Å². The van der Waals surface area contributed by atoms with Crippen LogP contribution in [0.5, 0.6) is 0 Å². The molecule has 0 aliphatic carbocycles. The lowest BCUT2D eigenvalue weighted by Gasteiger charge is -2.34. The Morgan fingerprint density at radius 2 is 1.88 bits per heavy atom. The molecular weight excluding hydrogens is 319 g/mol. The van der Waals surface area contributed by atoms with E-state index in [1.165, 1.54) is 12.1 Å². The third kappa shape index (κ3) is 3.46. The maximum absolute atomic E-state index is 13.3. The summed E-state index contributed by atoms with van der Waals surface area (Å²) in [4.78, 5) is 17.8. The molecule has 3 aromatic rings. The Bertz CT molecular complexity index is 869. The minimum absolute atomic E-state index is 0.243. The molecule has 0 saturated carbocycles. The average Bonchev–Trinajstić information content (AvgIpc) is 3.02. The molecule has 0 atom stereocenters. The molecule has 0 bridgehead atoms. The number of aromatic nitrogens is 4. The summed E-state index contributed by atoms with van der Waals surface area (Å²) in [6, 6.07) is 6.68. The molecular formula is C18H21FN6. The van der Waals surface area contributed by atoms with Gasteiger partial charge in [0, 0.05) is 57.2 Å². The van der Waals surface area contributed by atoms with Crippen LogP contribution < -0.4 is 4.90 Å². The van der Waals surface area contributed by atoms with Gasteiger partial charge < -0.3 is 9.47 Å². The standard InChI is InChI=1S/C18H21FN6/c1-14-4-5-20-18(22-14)24-9-6-23(7-10-24)8-11-25-13-21-16-12-15(19)2-3-17(16)25/h2-5,12-13H,6-11H2,1H3. The zero-order valence-electron chi connectivity index (χ0n) is 14.3. The van der Waals surface area contributed by atoms with Crippen LogP contribution in [0.15, 0.2) is 36.8 Å². The molecule has 25 heavy (non-hydrogen) atoms. The Hall–Kier alpha value is -2.54. The molecule has 1 aliphatic rings. The average molecular weight is 340 g/mol. The van der Waals surface area contributed by atoms with Gasteiger partial charge in [-0.2, -0.15) is 0 Å². The minimum Gasteiger partial charge on any atom is -0.338 e. The van der Waals surface area contributed by atoms with Crippen LogP contribution in [0.3, 0.4) is 0 Å². The van der Waals surface area contributed by atoms with E-state index in [0.717, 1.165) is 56.4 Å². The number of halogens is 1. The predicted octanol–water partition coefficient (Wildman–Crippen LogP) is 2.10. The summed E-state index contributed by atoms with van der Waals surface area (Å²) in [5.41, 5.74) is 2.69. The van der Waals surface area contributed by atoms with Gasteiger partial charge in [0.25, 0.3) is 0 Å². The van der Waals surface area contributed by atoms with Gasteiger partial charge in [-0.3, -0.25) is 4.90 Å². The molecule has 130 valence electrons. The van der Waals surface area contributed by atoms with Crippen molar-refractivity contribution in [3.63, 3.8) is 0 Å². The number of hydrogen-bond donors (Lipinski definition) is 0. The van der Waals surface area contributed by atoms with E-state index in [1.54, 1.807) is 12.4 Å². The number of benzene rings is 1. The Morgan fingerprint density at radius 1 is 1.04 bits per heavy atom. The van der Waals surface area contributed by atoms with Crippen molar-refractivity contribution in [1.29, 1.82) is 0 Å². The first-order valence-electron chi connectivity index (χ1n) is 8.56. The van der Waals surface area contributed by atoms with E-state index >= 15 is 0 Å². The first kappa shape index (κ1) is 16.0. The zero-order valence-corrected chi connectivity index (χ0v) is 14.3. The van der Waals surface area contributed by atoms with Crippen molar-refractivity contribution in [2.45, 2.75) is 13.5 Å². The van der Waals surface area contributed by atoms with E-state index < -0.39 is 0 Å². The zero-order chi connectivity index (χ0) is 17.2. The van der Waals surface area contributed by atoms with E-state index in [9.17, 15) is 4.39 Å². The highest BCUT2D eigenvalue weighted by Gasteiger charge is 2.19. The molecule has 0 unspecified atom stereocenters. The first-order chi connectivity index (χ1) is 12.2. The van der Waals surface area contributed by atoms with E-state index in [0.29, 0.717) is 5.52 Å². The molecule has 7 heteroatoms. The largest absolute Gasteiger partial charge is 0.338 e. The Balaban J connectivity index is 1.34. The number of piperazine rings is 1. The second-order valence-corrected chi connectivity index (χ2v) is 6.40.